The number of fused-ring (bicyclic) bond motifs is 1. The van der Waals surface area contributed by atoms with E-state index in [2.05, 4.69) is 60.7 Å². The summed E-state index contributed by atoms with van der Waals surface area (Å²) in [5.41, 5.74) is 5.77. The number of hydrogen-bond donors (Lipinski definition) is 0. The second-order valence-electron chi connectivity index (χ2n) is 7.91. The monoisotopic (exact) mass is 413 g/mol. The lowest BCUT2D eigenvalue weighted by Gasteiger charge is -2.06. The molecule has 0 amide bonds. The SMILES string of the molecule is CCCCCc1ccc(-c2ccc(CCC(=O)n3n[n+]([O-])c4ccccc43)cc2)cc1. The highest BCUT2D eigenvalue weighted by molar-refractivity contribution is 5.87. The molecule has 0 aliphatic carbocycles. The van der Waals surface area contributed by atoms with Crippen LogP contribution in [0.25, 0.3) is 22.2 Å². The predicted octanol–water partition coefficient (Wildman–Crippen LogP) is 5.34. The molecule has 0 spiro atoms. The van der Waals surface area contributed by atoms with Crippen molar-refractivity contribution >= 4 is 16.9 Å². The van der Waals surface area contributed by atoms with Gasteiger partial charge in [-0.05, 0) is 53.6 Å². The van der Waals surface area contributed by atoms with Crippen LogP contribution in [0.5, 0.6) is 0 Å². The van der Waals surface area contributed by atoms with Gasteiger partial charge in [0.25, 0.3) is 0 Å². The fourth-order valence-electron chi connectivity index (χ4n) is 3.83. The Kier molecular flexibility index (Phi) is 6.41. The van der Waals surface area contributed by atoms with E-state index < -0.39 is 0 Å². The number of aromatic nitrogens is 3. The van der Waals surface area contributed by atoms with Crippen LogP contribution < -0.4 is 4.85 Å². The molecule has 1 heterocycles. The average molecular weight is 414 g/mol. The Hall–Kier alpha value is -3.47. The molecule has 0 aliphatic rings. The van der Waals surface area contributed by atoms with Gasteiger partial charge in [-0.15, -0.1) is 4.85 Å². The second kappa shape index (κ2) is 9.56. The van der Waals surface area contributed by atoms with Gasteiger partial charge in [0.2, 0.25) is 11.0 Å². The molecule has 158 valence electrons. The van der Waals surface area contributed by atoms with Gasteiger partial charge in [-0.25, -0.2) is 4.79 Å². The smallest absolute Gasteiger partial charge is 0.335 e. The lowest BCUT2D eigenvalue weighted by Crippen LogP contribution is -2.30. The highest BCUT2D eigenvalue weighted by Gasteiger charge is 2.20. The molecule has 5 nitrogen and oxygen atoms in total. The molecule has 5 heteroatoms. The van der Waals surface area contributed by atoms with Crippen molar-refractivity contribution in [2.75, 3.05) is 0 Å². The molecule has 0 atom stereocenters. The zero-order valence-electron chi connectivity index (χ0n) is 17.8. The van der Waals surface area contributed by atoms with E-state index in [1.165, 1.54) is 40.6 Å². The molecular weight excluding hydrogens is 386 g/mol. The standard InChI is InChI=1S/C26H27N3O2/c1-2-3-4-7-20-10-15-22(16-11-20)23-17-12-21(13-18-23)14-19-26(30)28-24-8-5-6-9-25(24)29(31)27-28/h5-6,8-13,15-18H,2-4,7,14,19H2,1H3. The van der Waals surface area contributed by atoms with Crippen LogP contribution in [0.15, 0.2) is 72.8 Å². The van der Waals surface area contributed by atoms with Crippen LogP contribution in [0.1, 0.15) is 48.5 Å². The number of nitrogens with zero attached hydrogens (tertiary/aromatic N) is 3. The first-order valence-electron chi connectivity index (χ1n) is 10.9. The minimum absolute atomic E-state index is 0.187. The number of carbonyl (C=O) groups excluding carboxylic acids is 1. The number of aryl methyl sites for hydroxylation is 2. The van der Waals surface area contributed by atoms with Gasteiger partial charge in [-0.1, -0.05) is 85.1 Å². The third kappa shape index (κ3) is 4.82. The quantitative estimate of drug-likeness (QED) is 0.222. The van der Waals surface area contributed by atoms with Gasteiger partial charge in [-0.2, -0.15) is 0 Å². The summed E-state index contributed by atoms with van der Waals surface area (Å²) < 4.78 is 1.21. The van der Waals surface area contributed by atoms with Crippen LogP contribution in [0.2, 0.25) is 0 Å². The summed E-state index contributed by atoms with van der Waals surface area (Å²) >= 11 is 0. The summed E-state index contributed by atoms with van der Waals surface area (Å²) in [6, 6.07) is 24.1. The molecule has 4 rings (SSSR count). The third-order valence-corrected chi connectivity index (χ3v) is 5.66. The molecule has 4 aromatic rings. The molecule has 3 aromatic carbocycles. The molecule has 0 aliphatic heterocycles. The summed E-state index contributed by atoms with van der Waals surface area (Å²) in [6.45, 7) is 2.23. The van der Waals surface area contributed by atoms with Gasteiger partial charge in [0.15, 0.2) is 0 Å². The maximum absolute atomic E-state index is 12.6. The van der Waals surface area contributed by atoms with Crippen molar-refractivity contribution in [1.82, 2.24) is 9.90 Å². The molecule has 1 aromatic heterocycles. The molecule has 31 heavy (non-hydrogen) atoms. The number of carbonyl (C=O) groups is 1. The van der Waals surface area contributed by atoms with Crippen LogP contribution in [-0.2, 0) is 12.8 Å². The Morgan fingerprint density at radius 3 is 2.13 bits per heavy atom. The van der Waals surface area contributed by atoms with E-state index in [4.69, 9.17) is 0 Å². The Bertz CT molecular complexity index is 1160. The van der Waals surface area contributed by atoms with Crippen molar-refractivity contribution in [2.24, 2.45) is 0 Å². The first-order valence-corrected chi connectivity index (χ1v) is 10.9. The number of benzene rings is 3. The summed E-state index contributed by atoms with van der Waals surface area (Å²) in [4.78, 5) is 13.1. The Morgan fingerprint density at radius 2 is 1.48 bits per heavy atom. The fraction of sp³-hybridized carbons (Fsp3) is 0.269. The normalized spacial score (nSPS) is 11.1. The second-order valence-corrected chi connectivity index (χ2v) is 7.91. The topological polar surface area (TPSA) is 61.8 Å². The van der Waals surface area contributed by atoms with Gasteiger partial charge in [-0.3, -0.25) is 0 Å². The van der Waals surface area contributed by atoms with Gasteiger partial charge in [0.05, 0.1) is 6.42 Å². The molecule has 0 unspecified atom stereocenters. The first-order chi connectivity index (χ1) is 15.2. The van der Waals surface area contributed by atoms with E-state index in [-0.39, 0.29) is 12.3 Å². The summed E-state index contributed by atoms with van der Waals surface area (Å²) in [7, 11) is 0. The molecule has 0 N–H and O–H groups in total. The van der Waals surface area contributed by atoms with Gasteiger partial charge >= 0.3 is 5.91 Å². The van der Waals surface area contributed by atoms with Gasteiger partial charge in [0, 0.05) is 0 Å². The lowest BCUT2D eigenvalue weighted by molar-refractivity contribution is -0.645. The van der Waals surface area contributed by atoms with Crippen molar-refractivity contribution in [3.63, 3.8) is 0 Å². The highest BCUT2D eigenvalue weighted by Crippen LogP contribution is 2.22. The van der Waals surface area contributed by atoms with Crippen molar-refractivity contribution in [2.45, 2.75) is 45.4 Å². The molecular formula is C26H27N3O2. The summed E-state index contributed by atoms with van der Waals surface area (Å²) in [6.07, 6.45) is 5.79. The zero-order chi connectivity index (χ0) is 21.6. The maximum atomic E-state index is 12.6. The van der Waals surface area contributed by atoms with Gasteiger partial charge in [0.1, 0.15) is 5.21 Å². The van der Waals surface area contributed by atoms with Crippen LogP contribution in [0.3, 0.4) is 0 Å². The largest absolute Gasteiger partial charge is 0.691 e. The minimum atomic E-state index is -0.187. The van der Waals surface area contributed by atoms with Crippen LogP contribution in [-0.4, -0.2) is 15.8 Å². The maximum Gasteiger partial charge on any atom is 0.335 e. The fourth-order valence-corrected chi connectivity index (χ4v) is 3.83. The van der Waals surface area contributed by atoms with Crippen LogP contribution >= 0.6 is 0 Å². The Morgan fingerprint density at radius 1 is 0.871 bits per heavy atom. The van der Waals surface area contributed by atoms with Crippen LogP contribution in [0, 0.1) is 5.21 Å². The van der Waals surface area contributed by atoms with E-state index in [1.807, 2.05) is 0 Å². The van der Waals surface area contributed by atoms with E-state index >= 15 is 0 Å². The van der Waals surface area contributed by atoms with Crippen molar-refractivity contribution < 1.29 is 9.64 Å². The number of hydrogen-bond acceptors (Lipinski definition) is 3. The highest BCUT2D eigenvalue weighted by atomic mass is 16.5. The van der Waals surface area contributed by atoms with Gasteiger partial charge < -0.3 is 5.21 Å². The molecule has 0 fully saturated rings. The molecule has 0 radical (unpaired) electrons. The first kappa shape index (κ1) is 20.8. The molecule has 0 saturated carbocycles. The van der Waals surface area contributed by atoms with E-state index in [0.29, 0.717) is 22.3 Å². The third-order valence-electron chi connectivity index (χ3n) is 5.66. The predicted molar refractivity (Wildman–Crippen MR) is 123 cm³/mol. The van der Waals surface area contributed by atoms with Crippen molar-refractivity contribution in [3.05, 3.63) is 89.1 Å². The zero-order valence-corrected chi connectivity index (χ0v) is 17.8. The summed E-state index contributed by atoms with van der Waals surface area (Å²) in [5.74, 6) is -0.187. The lowest BCUT2D eigenvalue weighted by atomic mass is 9.99. The summed E-state index contributed by atoms with van der Waals surface area (Å²) in [5, 5.41) is 15.7. The number of para-hydroxylation sites is 2. The number of rotatable bonds is 8. The van der Waals surface area contributed by atoms with Crippen molar-refractivity contribution in [3.8, 4) is 11.1 Å². The van der Waals surface area contributed by atoms with Crippen LogP contribution in [0.4, 0.5) is 0 Å². The van der Waals surface area contributed by atoms with E-state index in [9.17, 15) is 10.0 Å². The Balaban J connectivity index is 1.38. The minimum Gasteiger partial charge on any atom is -0.691 e. The number of unbranched alkanes of at least 4 members (excludes halogenated alkanes) is 2. The molecule has 0 saturated heterocycles. The van der Waals surface area contributed by atoms with E-state index in [0.717, 1.165) is 12.0 Å². The average Bonchev–Trinajstić information content (AvgIpc) is 3.15. The van der Waals surface area contributed by atoms with Crippen molar-refractivity contribution in [1.29, 1.82) is 0 Å². The van der Waals surface area contributed by atoms with E-state index in [1.54, 1.807) is 24.3 Å². The Labute approximate surface area is 182 Å². The molecule has 0 bridgehead atoms.